The van der Waals surface area contributed by atoms with Crippen molar-refractivity contribution in [3.05, 3.63) is 103 Å². The van der Waals surface area contributed by atoms with E-state index in [0.717, 1.165) is 33.4 Å². The van der Waals surface area contributed by atoms with Crippen LogP contribution in [0.3, 0.4) is 0 Å². The average molecular weight is 587 g/mol. The first-order valence-corrected chi connectivity index (χ1v) is 9.13. The third kappa shape index (κ3) is 5.28. The van der Waals surface area contributed by atoms with Crippen LogP contribution >= 0.6 is 0 Å². The Morgan fingerprint density at radius 3 is 2.39 bits per heavy atom. The number of aromatic carboxylic acids is 1. The number of para-hydroxylation sites is 1. The van der Waals surface area contributed by atoms with Crippen molar-refractivity contribution in [2.45, 2.75) is 0 Å². The van der Waals surface area contributed by atoms with E-state index in [9.17, 15) is 4.79 Å². The topological polar surface area (TPSA) is 89.1 Å². The maximum Gasteiger partial charge on any atom is 0.354 e. The summed E-state index contributed by atoms with van der Waals surface area (Å²) in [7, 11) is 0. The molecule has 7 heteroatoms. The molecule has 0 bridgehead atoms. The summed E-state index contributed by atoms with van der Waals surface area (Å²) >= 11 is 0. The number of fused-ring (bicyclic) bond motifs is 1. The molecule has 0 saturated heterocycles. The summed E-state index contributed by atoms with van der Waals surface area (Å²) in [5.74, 6) is -1.02. The van der Waals surface area contributed by atoms with E-state index < -0.39 is 5.97 Å². The predicted octanol–water partition coefficient (Wildman–Crippen LogP) is 5.13. The van der Waals surface area contributed by atoms with Gasteiger partial charge in [0.2, 0.25) is 0 Å². The summed E-state index contributed by atoms with van der Waals surface area (Å²) in [4.78, 5) is 18.4. The molecule has 0 aliphatic heterocycles. The molecule has 0 unspecified atom stereocenters. The van der Waals surface area contributed by atoms with Crippen LogP contribution in [0.1, 0.15) is 10.5 Å². The van der Waals surface area contributed by atoms with Crippen molar-refractivity contribution in [3.63, 3.8) is 0 Å². The molecule has 6 nitrogen and oxygen atoms in total. The van der Waals surface area contributed by atoms with Gasteiger partial charge in [0, 0.05) is 49.8 Å². The summed E-state index contributed by atoms with van der Waals surface area (Å²) in [6.07, 6.45) is 4.81. The second-order valence-electron chi connectivity index (χ2n) is 6.27. The number of carbonyl (C=O) groups is 1. The van der Waals surface area contributed by atoms with Gasteiger partial charge in [0.25, 0.3) is 0 Å². The van der Waals surface area contributed by atoms with Crippen LogP contribution in [-0.2, 0) is 20.1 Å². The van der Waals surface area contributed by atoms with Crippen molar-refractivity contribution in [2.75, 3.05) is 0 Å². The molecule has 1 radical (unpaired) electrons. The number of pyridine rings is 2. The zero-order valence-electron chi connectivity index (χ0n) is 16.1. The minimum atomic E-state index is -1.02. The van der Waals surface area contributed by atoms with Crippen LogP contribution in [0.15, 0.2) is 95.9 Å². The Morgan fingerprint density at radius 2 is 1.65 bits per heavy atom. The molecule has 0 aliphatic rings. The fraction of sp³-hybridized carbons (Fsp3) is 0. The molecule has 3 heterocycles. The standard InChI is InChI=1S/C13H8NO.C11H8N2O2.Ir/c1-2-6-10(7-3-1)13-11-8-4-5-9-12(11)15-14-13;14-11(15)10-7-9(3-6-13-10)8-1-4-12-5-2-8;/h1-6,8-9H;1-7H,(H,14,15);/q-1;;. The van der Waals surface area contributed by atoms with Crippen LogP contribution in [0.4, 0.5) is 0 Å². The predicted molar refractivity (Wildman–Crippen MR) is 113 cm³/mol. The minimum absolute atomic E-state index is 0. The third-order valence-electron chi connectivity index (χ3n) is 4.33. The van der Waals surface area contributed by atoms with E-state index in [-0.39, 0.29) is 25.8 Å². The van der Waals surface area contributed by atoms with Gasteiger partial charge in [-0.15, -0.1) is 41.1 Å². The zero-order valence-corrected chi connectivity index (χ0v) is 18.5. The van der Waals surface area contributed by atoms with Crippen molar-refractivity contribution in [1.82, 2.24) is 15.1 Å². The van der Waals surface area contributed by atoms with E-state index in [0.29, 0.717) is 0 Å². The molecule has 5 aromatic rings. The molecule has 0 fully saturated rings. The number of rotatable bonds is 3. The molecule has 1 N–H and O–H groups in total. The van der Waals surface area contributed by atoms with Gasteiger partial charge < -0.3 is 9.63 Å². The van der Waals surface area contributed by atoms with E-state index in [2.05, 4.69) is 21.2 Å². The molecule has 5 rings (SSSR count). The number of carboxylic acid groups (broad SMARTS) is 1. The van der Waals surface area contributed by atoms with E-state index in [1.165, 1.54) is 12.3 Å². The van der Waals surface area contributed by atoms with Gasteiger partial charge in [0.15, 0.2) is 5.58 Å². The molecule has 3 aromatic heterocycles. The zero-order chi connectivity index (χ0) is 20.8. The molecule has 31 heavy (non-hydrogen) atoms. The van der Waals surface area contributed by atoms with Crippen molar-refractivity contribution >= 4 is 16.9 Å². The average Bonchev–Trinajstić information content (AvgIpc) is 3.25. The number of carboxylic acids is 1. The van der Waals surface area contributed by atoms with Gasteiger partial charge in [-0.25, -0.2) is 9.78 Å². The second kappa shape index (κ2) is 10.4. The van der Waals surface area contributed by atoms with Crippen LogP contribution in [0.5, 0.6) is 0 Å². The summed E-state index contributed by atoms with van der Waals surface area (Å²) in [6.45, 7) is 0. The van der Waals surface area contributed by atoms with Crippen LogP contribution in [0, 0.1) is 6.07 Å². The van der Waals surface area contributed by atoms with Gasteiger partial charge in [0.05, 0.1) is 0 Å². The Bertz CT molecular complexity index is 1280. The third-order valence-corrected chi connectivity index (χ3v) is 4.33. The molecular weight excluding hydrogens is 570 g/mol. The fourth-order valence-corrected chi connectivity index (χ4v) is 2.89. The Kier molecular flexibility index (Phi) is 7.38. The summed E-state index contributed by atoms with van der Waals surface area (Å²) in [5.41, 5.74) is 4.42. The van der Waals surface area contributed by atoms with Crippen LogP contribution in [0.25, 0.3) is 33.4 Å². The van der Waals surface area contributed by atoms with Gasteiger partial charge in [0.1, 0.15) is 5.69 Å². The SMILES string of the molecule is O=C(O)c1cc(-c2ccncc2)ccn1.[Ir].[c-]1ccccc1-c1noc2ccccc12. The van der Waals surface area contributed by atoms with E-state index in [4.69, 9.17) is 9.63 Å². The molecule has 0 amide bonds. The maximum absolute atomic E-state index is 10.7. The molecule has 0 aliphatic carbocycles. The molecule has 2 aromatic carbocycles. The first-order valence-electron chi connectivity index (χ1n) is 9.13. The van der Waals surface area contributed by atoms with Crippen molar-refractivity contribution in [1.29, 1.82) is 0 Å². The van der Waals surface area contributed by atoms with E-state index in [1.54, 1.807) is 18.5 Å². The van der Waals surface area contributed by atoms with Crippen molar-refractivity contribution in [2.24, 2.45) is 0 Å². The number of nitrogens with zero attached hydrogens (tertiary/aromatic N) is 3. The molecule has 0 atom stereocenters. The van der Waals surface area contributed by atoms with Crippen LogP contribution in [-0.4, -0.2) is 26.2 Å². The Hall–Kier alpha value is -3.67. The first kappa shape index (κ1) is 22.0. The second-order valence-corrected chi connectivity index (χ2v) is 6.27. The van der Waals surface area contributed by atoms with Gasteiger partial charge in [-0.3, -0.25) is 4.98 Å². The number of hydrogen-bond donors (Lipinski definition) is 1. The van der Waals surface area contributed by atoms with Crippen LogP contribution < -0.4 is 0 Å². The van der Waals surface area contributed by atoms with Gasteiger partial charge in [-0.2, -0.15) is 0 Å². The number of benzene rings is 2. The molecule has 155 valence electrons. The normalized spacial score (nSPS) is 9.94. The first-order chi connectivity index (χ1) is 14.7. The van der Waals surface area contributed by atoms with Gasteiger partial charge in [-0.05, 0) is 41.5 Å². The Morgan fingerprint density at radius 1 is 0.903 bits per heavy atom. The van der Waals surface area contributed by atoms with Gasteiger partial charge >= 0.3 is 5.97 Å². The number of hydrogen-bond acceptors (Lipinski definition) is 5. The van der Waals surface area contributed by atoms with E-state index >= 15 is 0 Å². The quantitative estimate of drug-likeness (QED) is 0.295. The van der Waals surface area contributed by atoms with Crippen molar-refractivity contribution < 1.29 is 34.5 Å². The Labute approximate surface area is 191 Å². The molecule has 0 saturated carbocycles. The maximum atomic E-state index is 10.7. The monoisotopic (exact) mass is 587 g/mol. The molecular formula is C24H16IrN3O3-. The Balaban J connectivity index is 0.000000170. The smallest absolute Gasteiger partial charge is 0.354 e. The minimum Gasteiger partial charge on any atom is -0.477 e. The van der Waals surface area contributed by atoms with E-state index in [1.807, 2.05) is 60.7 Å². The largest absolute Gasteiger partial charge is 0.477 e. The molecule has 0 spiro atoms. The van der Waals surface area contributed by atoms with Crippen LogP contribution in [0.2, 0.25) is 0 Å². The fourth-order valence-electron chi connectivity index (χ4n) is 2.89. The van der Waals surface area contributed by atoms with Crippen molar-refractivity contribution in [3.8, 4) is 22.4 Å². The summed E-state index contributed by atoms with van der Waals surface area (Å²) in [6, 6.07) is 25.7. The van der Waals surface area contributed by atoms with Gasteiger partial charge in [-0.1, -0.05) is 18.2 Å². The number of aromatic nitrogens is 3. The summed E-state index contributed by atoms with van der Waals surface area (Å²) < 4.78 is 5.23. The summed E-state index contributed by atoms with van der Waals surface area (Å²) in [5, 5.41) is 13.9.